The largest absolute Gasteiger partial charge is 0.490 e. The maximum absolute atomic E-state index is 14.6. The highest BCUT2D eigenvalue weighted by Crippen LogP contribution is 2.43. The van der Waals surface area contributed by atoms with Gasteiger partial charge in [-0.05, 0) is 26.7 Å². The number of nitro groups is 1. The molecule has 1 aliphatic heterocycles. The van der Waals surface area contributed by atoms with E-state index in [1.54, 1.807) is 0 Å². The van der Waals surface area contributed by atoms with E-state index in [4.69, 9.17) is 9.47 Å². The minimum Gasteiger partial charge on any atom is -0.490 e. The zero-order valence-electron chi connectivity index (χ0n) is 14.3. The molecule has 1 spiro atoms. The summed E-state index contributed by atoms with van der Waals surface area (Å²) in [7, 11) is 1.35. The van der Waals surface area contributed by atoms with Crippen molar-refractivity contribution < 1.29 is 18.8 Å². The van der Waals surface area contributed by atoms with E-state index in [0.717, 1.165) is 31.7 Å². The number of morpholine rings is 1. The summed E-state index contributed by atoms with van der Waals surface area (Å²) >= 11 is 0. The minimum absolute atomic E-state index is 0.0705. The van der Waals surface area contributed by atoms with Crippen LogP contribution in [0.3, 0.4) is 0 Å². The molecule has 0 N–H and O–H groups in total. The molecule has 1 aliphatic carbocycles. The van der Waals surface area contributed by atoms with Crippen molar-refractivity contribution in [1.82, 2.24) is 0 Å². The van der Waals surface area contributed by atoms with Crippen LogP contribution in [-0.4, -0.2) is 36.3 Å². The van der Waals surface area contributed by atoms with Gasteiger partial charge in [0.05, 0.1) is 35.0 Å². The lowest BCUT2D eigenvalue weighted by Gasteiger charge is -2.49. The zero-order chi connectivity index (χ0) is 17.5. The van der Waals surface area contributed by atoms with Crippen molar-refractivity contribution >= 4 is 11.4 Å². The quantitative estimate of drug-likeness (QED) is 0.621. The molecule has 0 aromatic heterocycles. The van der Waals surface area contributed by atoms with E-state index in [9.17, 15) is 14.5 Å². The summed E-state index contributed by atoms with van der Waals surface area (Å²) in [6.07, 6.45) is 4.13. The Kier molecular flexibility index (Phi) is 4.15. The third-order valence-electron chi connectivity index (χ3n) is 4.84. The second-order valence-corrected chi connectivity index (χ2v) is 7.34. The standard InChI is InChI=1S/C17H23FN2O4/c1-16(2)10-19(11-17(24-16)6-4-5-7-17)13-9-15(23-3)14(20(21)22)8-12(13)18/h8-9H,4-7,10-11H2,1-3H3. The van der Waals surface area contributed by atoms with E-state index < -0.39 is 16.3 Å². The summed E-state index contributed by atoms with van der Waals surface area (Å²) in [6.45, 7) is 5.11. The van der Waals surface area contributed by atoms with Crippen LogP contribution >= 0.6 is 0 Å². The first-order valence-corrected chi connectivity index (χ1v) is 8.22. The van der Waals surface area contributed by atoms with Crippen molar-refractivity contribution in [1.29, 1.82) is 0 Å². The van der Waals surface area contributed by atoms with Gasteiger partial charge in [0.15, 0.2) is 11.6 Å². The van der Waals surface area contributed by atoms with Gasteiger partial charge in [0.1, 0.15) is 0 Å². The Morgan fingerprint density at radius 1 is 1.29 bits per heavy atom. The zero-order valence-corrected chi connectivity index (χ0v) is 14.3. The molecule has 2 aliphatic rings. The lowest BCUT2D eigenvalue weighted by atomic mass is 9.93. The summed E-state index contributed by atoms with van der Waals surface area (Å²) in [4.78, 5) is 12.4. The predicted molar refractivity (Wildman–Crippen MR) is 88.2 cm³/mol. The van der Waals surface area contributed by atoms with E-state index >= 15 is 0 Å². The van der Waals surface area contributed by atoms with E-state index in [1.165, 1.54) is 13.2 Å². The number of benzene rings is 1. The minimum atomic E-state index is -0.632. The Bertz CT molecular complexity index is 656. The van der Waals surface area contributed by atoms with Crippen LogP contribution in [0.5, 0.6) is 5.75 Å². The summed E-state index contributed by atoms with van der Waals surface area (Å²) in [6, 6.07) is 2.37. The monoisotopic (exact) mass is 338 g/mol. The molecule has 2 fully saturated rings. The fraction of sp³-hybridized carbons (Fsp3) is 0.647. The molecule has 0 radical (unpaired) electrons. The van der Waals surface area contributed by atoms with Gasteiger partial charge in [-0.3, -0.25) is 10.1 Å². The molecule has 1 saturated carbocycles. The molecule has 132 valence electrons. The number of ether oxygens (including phenoxy) is 2. The third-order valence-corrected chi connectivity index (χ3v) is 4.84. The highest BCUT2D eigenvalue weighted by atomic mass is 19.1. The van der Waals surface area contributed by atoms with Crippen LogP contribution in [0.2, 0.25) is 0 Å². The van der Waals surface area contributed by atoms with Crippen LogP contribution in [0.1, 0.15) is 39.5 Å². The van der Waals surface area contributed by atoms with E-state index in [1.807, 2.05) is 18.7 Å². The second-order valence-electron chi connectivity index (χ2n) is 7.34. The molecular weight excluding hydrogens is 315 g/mol. The fourth-order valence-corrected chi connectivity index (χ4v) is 4.04. The first-order valence-electron chi connectivity index (χ1n) is 8.22. The van der Waals surface area contributed by atoms with Gasteiger partial charge in [0.25, 0.3) is 0 Å². The Morgan fingerprint density at radius 2 is 1.96 bits per heavy atom. The smallest absolute Gasteiger partial charge is 0.313 e. The molecule has 7 heteroatoms. The molecule has 1 aromatic rings. The first-order chi connectivity index (χ1) is 11.3. The predicted octanol–water partition coefficient (Wildman–Crippen LogP) is 3.67. The van der Waals surface area contributed by atoms with Gasteiger partial charge in [-0.15, -0.1) is 0 Å². The van der Waals surface area contributed by atoms with Gasteiger partial charge in [0, 0.05) is 19.2 Å². The molecule has 1 heterocycles. The van der Waals surface area contributed by atoms with Gasteiger partial charge >= 0.3 is 5.69 Å². The summed E-state index contributed by atoms with van der Waals surface area (Å²) in [5.74, 6) is -0.533. The summed E-state index contributed by atoms with van der Waals surface area (Å²) < 4.78 is 26.0. The fourth-order valence-electron chi connectivity index (χ4n) is 4.04. The van der Waals surface area contributed by atoms with Crippen molar-refractivity contribution in [2.45, 2.75) is 50.7 Å². The van der Waals surface area contributed by atoms with Crippen LogP contribution in [0.25, 0.3) is 0 Å². The molecular formula is C17H23FN2O4. The lowest BCUT2D eigenvalue weighted by molar-refractivity contribution is -0.385. The van der Waals surface area contributed by atoms with Gasteiger partial charge in [-0.25, -0.2) is 4.39 Å². The average Bonchev–Trinajstić information content (AvgIpc) is 2.92. The highest BCUT2D eigenvalue weighted by molar-refractivity contribution is 5.61. The molecule has 0 atom stereocenters. The lowest BCUT2D eigenvalue weighted by Crippen LogP contribution is -2.59. The SMILES string of the molecule is COc1cc(N2CC(C)(C)OC3(CCCC3)C2)c(F)cc1[N+](=O)[O-]. The number of methoxy groups -OCH3 is 1. The maximum Gasteiger partial charge on any atom is 0.313 e. The van der Waals surface area contributed by atoms with Crippen molar-refractivity contribution in [3.8, 4) is 5.75 Å². The normalized spacial score (nSPS) is 21.9. The van der Waals surface area contributed by atoms with Gasteiger partial charge in [0.2, 0.25) is 0 Å². The number of nitro benzene ring substituents is 1. The summed E-state index contributed by atoms with van der Waals surface area (Å²) in [5.41, 5.74) is -0.699. The maximum atomic E-state index is 14.6. The van der Waals surface area contributed by atoms with E-state index in [2.05, 4.69) is 0 Å². The first kappa shape index (κ1) is 17.0. The Labute approximate surface area is 140 Å². The van der Waals surface area contributed by atoms with E-state index in [0.29, 0.717) is 18.8 Å². The molecule has 1 aromatic carbocycles. The number of hydrogen-bond acceptors (Lipinski definition) is 5. The average molecular weight is 338 g/mol. The number of hydrogen-bond donors (Lipinski definition) is 0. The molecule has 24 heavy (non-hydrogen) atoms. The Balaban J connectivity index is 1.99. The molecule has 3 rings (SSSR count). The van der Waals surface area contributed by atoms with Crippen molar-refractivity contribution in [2.24, 2.45) is 0 Å². The van der Waals surface area contributed by atoms with Crippen LogP contribution in [-0.2, 0) is 4.74 Å². The van der Waals surface area contributed by atoms with Crippen molar-refractivity contribution in [3.63, 3.8) is 0 Å². The van der Waals surface area contributed by atoms with Crippen LogP contribution in [0.4, 0.5) is 15.8 Å². The number of halogens is 1. The molecule has 6 nitrogen and oxygen atoms in total. The van der Waals surface area contributed by atoms with Gasteiger partial charge in [-0.1, -0.05) is 12.8 Å². The van der Waals surface area contributed by atoms with Crippen LogP contribution in [0.15, 0.2) is 12.1 Å². The van der Waals surface area contributed by atoms with Crippen LogP contribution in [0, 0.1) is 15.9 Å². The van der Waals surface area contributed by atoms with Crippen molar-refractivity contribution in [3.05, 3.63) is 28.1 Å². The Hall–Kier alpha value is -1.89. The third kappa shape index (κ3) is 3.05. The number of rotatable bonds is 3. The van der Waals surface area contributed by atoms with Crippen LogP contribution < -0.4 is 9.64 Å². The number of nitrogens with zero attached hydrogens (tertiary/aromatic N) is 2. The Morgan fingerprint density at radius 3 is 2.54 bits per heavy atom. The van der Waals surface area contributed by atoms with Gasteiger partial charge < -0.3 is 14.4 Å². The topological polar surface area (TPSA) is 64.8 Å². The molecule has 0 amide bonds. The van der Waals surface area contributed by atoms with Crippen molar-refractivity contribution in [2.75, 3.05) is 25.1 Å². The van der Waals surface area contributed by atoms with Gasteiger partial charge in [-0.2, -0.15) is 0 Å². The number of anilines is 1. The highest BCUT2D eigenvalue weighted by Gasteiger charge is 2.46. The molecule has 0 unspecified atom stereocenters. The molecule has 1 saturated heterocycles. The van der Waals surface area contributed by atoms with E-state index in [-0.39, 0.29) is 17.0 Å². The second kappa shape index (κ2) is 5.88. The molecule has 0 bridgehead atoms. The summed E-state index contributed by atoms with van der Waals surface area (Å²) in [5, 5.41) is 11.1.